The highest BCUT2D eigenvalue weighted by Crippen LogP contribution is 2.23. The lowest BCUT2D eigenvalue weighted by Crippen LogP contribution is -2.07. The fourth-order valence-electron chi connectivity index (χ4n) is 1.73. The summed E-state index contributed by atoms with van der Waals surface area (Å²) in [5, 5.41) is 0.659. The molecule has 19 heavy (non-hydrogen) atoms. The fourth-order valence-corrected chi connectivity index (χ4v) is 2.21. The molecule has 0 amide bonds. The molecule has 0 fully saturated rings. The molecule has 1 aromatic carbocycles. The Kier molecular flexibility index (Phi) is 4.40. The highest BCUT2D eigenvalue weighted by atomic mass is 35.5. The third-order valence-electron chi connectivity index (χ3n) is 2.62. The highest BCUT2D eigenvalue weighted by molar-refractivity contribution is 6.36. The van der Waals surface area contributed by atoms with Gasteiger partial charge >= 0.3 is 0 Å². The summed E-state index contributed by atoms with van der Waals surface area (Å²) in [5.74, 6) is 0.493. The van der Waals surface area contributed by atoms with E-state index in [1.54, 1.807) is 13.2 Å². The number of rotatable bonds is 4. The van der Waals surface area contributed by atoms with Crippen LogP contribution in [0.25, 0.3) is 0 Å². The van der Waals surface area contributed by atoms with Crippen molar-refractivity contribution in [1.82, 2.24) is 4.98 Å². The summed E-state index contributed by atoms with van der Waals surface area (Å²) in [5.41, 5.74) is 1.01. The Morgan fingerprint density at radius 3 is 2.74 bits per heavy atom. The van der Waals surface area contributed by atoms with Gasteiger partial charge in [0, 0.05) is 18.2 Å². The lowest BCUT2D eigenvalue weighted by atomic mass is 10.1. The van der Waals surface area contributed by atoms with Gasteiger partial charge in [0.15, 0.2) is 5.78 Å². The van der Waals surface area contributed by atoms with Gasteiger partial charge in [-0.2, -0.15) is 0 Å². The van der Waals surface area contributed by atoms with Gasteiger partial charge in [0.05, 0.1) is 17.2 Å². The molecule has 2 aromatic rings. The number of para-hydroxylation sites is 1. The topological polar surface area (TPSA) is 39.2 Å². The van der Waals surface area contributed by atoms with Gasteiger partial charge in [0.1, 0.15) is 11.4 Å². The predicted octanol–water partition coefficient (Wildman–Crippen LogP) is 3.82. The number of ether oxygens (including phenoxy) is 1. The minimum absolute atomic E-state index is 0.175. The molecule has 5 heteroatoms. The minimum atomic E-state index is -0.175. The quantitative estimate of drug-likeness (QED) is 0.805. The molecule has 2 rings (SSSR count). The van der Waals surface area contributed by atoms with E-state index in [-0.39, 0.29) is 22.9 Å². The van der Waals surface area contributed by atoms with Crippen LogP contribution >= 0.6 is 23.2 Å². The summed E-state index contributed by atoms with van der Waals surface area (Å²) in [6.45, 7) is 0. The number of carbonyl (C=O) groups excluding carboxylic acids is 1. The molecule has 1 heterocycles. The summed E-state index contributed by atoms with van der Waals surface area (Å²) < 4.78 is 5.20. The van der Waals surface area contributed by atoms with Gasteiger partial charge in [0.25, 0.3) is 0 Å². The van der Waals surface area contributed by atoms with Crippen LogP contribution in [0.5, 0.6) is 5.75 Å². The zero-order valence-electron chi connectivity index (χ0n) is 10.2. The maximum Gasteiger partial charge on any atom is 0.187 e. The number of hydrogen-bond acceptors (Lipinski definition) is 3. The standard InChI is InChI=1S/C14H11Cl2NO2/c1-19-13-5-3-2-4-9(13)6-12(18)14-11(16)7-10(15)8-17-14/h2-5,7-8H,6H2,1H3. The minimum Gasteiger partial charge on any atom is -0.496 e. The number of methoxy groups -OCH3 is 1. The van der Waals surface area contributed by atoms with E-state index in [4.69, 9.17) is 27.9 Å². The average Bonchev–Trinajstić information content (AvgIpc) is 2.39. The van der Waals surface area contributed by atoms with E-state index in [0.29, 0.717) is 10.8 Å². The largest absolute Gasteiger partial charge is 0.496 e. The Morgan fingerprint density at radius 1 is 1.32 bits per heavy atom. The van der Waals surface area contributed by atoms with Gasteiger partial charge in [-0.25, -0.2) is 4.98 Å². The van der Waals surface area contributed by atoms with Gasteiger partial charge < -0.3 is 4.74 Å². The van der Waals surface area contributed by atoms with E-state index >= 15 is 0 Å². The number of aromatic nitrogens is 1. The van der Waals surface area contributed by atoms with Crippen molar-refractivity contribution in [2.75, 3.05) is 7.11 Å². The van der Waals surface area contributed by atoms with Crippen molar-refractivity contribution in [3.8, 4) is 5.75 Å². The van der Waals surface area contributed by atoms with E-state index in [2.05, 4.69) is 4.98 Å². The lowest BCUT2D eigenvalue weighted by molar-refractivity contribution is 0.0987. The van der Waals surface area contributed by atoms with Crippen LogP contribution in [-0.2, 0) is 6.42 Å². The van der Waals surface area contributed by atoms with E-state index in [0.717, 1.165) is 5.56 Å². The molecule has 0 atom stereocenters. The van der Waals surface area contributed by atoms with Gasteiger partial charge in [-0.05, 0) is 12.1 Å². The first-order valence-electron chi connectivity index (χ1n) is 5.58. The van der Waals surface area contributed by atoms with Crippen LogP contribution < -0.4 is 4.74 Å². The van der Waals surface area contributed by atoms with Crippen LogP contribution in [0, 0.1) is 0 Å². The van der Waals surface area contributed by atoms with E-state index in [1.165, 1.54) is 12.3 Å². The first-order valence-corrected chi connectivity index (χ1v) is 6.33. The van der Waals surface area contributed by atoms with Crippen molar-refractivity contribution < 1.29 is 9.53 Å². The summed E-state index contributed by atoms with van der Waals surface area (Å²) in [6.07, 6.45) is 1.58. The Hall–Kier alpha value is -1.58. The smallest absolute Gasteiger partial charge is 0.187 e. The number of ketones is 1. The fraction of sp³-hybridized carbons (Fsp3) is 0.143. The lowest BCUT2D eigenvalue weighted by Gasteiger charge is -2.07. The van der Waals surface area contributed by atoms with E-state index in [9.17, 15) is 4.79 Å². The third kappa shape index (κ3) is 3.25. The van der Waals surface area contributed by atoms with Crippen LogP contribution in [0.4, 0.5) is 0 Å². The summed E-state index contributed by atoms with van der Waals surface area (Å²) in [4.78, 5) is 16.1. The molecule has 0 radical (unpaired) electrons. The second kappa shape index (κ2) is 6.04. The predicted molar refractivity (Wildman–Crippen MR) is 75.3 cm³/mol. The maximum atomic E-state index is 12.2. The van der Waals surface area contributed by atoms with Gasteiger partial charge in [-0.1, -0.05) is 41.4 Å². The number of halogens is 2. The molecule has 0 bridgehead atoms. The molecule has 0 aliphatic carbocycles. The number of Topliss-reactive ketones (excluding diaryl/α,β-unsaturated/α-hetero) is 1. The number of pyridine rings is 1. The molecule has 0 aliphatic heterocycles. The van der Waals surface area contributed by atoms with Crippen molar-refractivity contribution in [1.29, 1.82) is 0 Å². The zero-order valence-corrected chi connectivity index (χ0v) is 11.7. The van der Waals surface area contributed by atoms with Crippen molar-refractivity contribution in [3.63, 3.8) is 0 Å². The number of benzene rings is 1. The molecule has 3 nitrogen and oxygen atoms in total. The summed E-state index contributed by atoms with van der Waals surface area (Å²) in [7, 11) is 1.57. The van der Waals surface area contributed by atoms with Gasteiger partial charge in [0.2, 0.25) is 0 Å². The maximum absolute atomic E-state index is 12.2. The second-order valence-electron chi connectivity index (χ2n) is 3.90. The summed E-state index contributed by atoms with van der Waals surface area (Å²) >= 11 is 11.7. The molecule has 0 saturated carbocycles. The second-order valence-corrected chi connectivity index (χ2v) is 4.74. The van der Waals surface area contributed by atoms with Crippen LogP contribution in [0.15, 0.2) is 36.5 Å². The molecule has 0 saturated heterocycles. The Balaban J connectivity index is 2.26. The zero-order chi connectivity index (χ0) is 13.8. The van der Waals surface area contributed by atoms with Crippen LogP contribution in [0.2, 0.25) is 10.0 Å². The molecule has 0 unspecified atom stereocenters. The highest BCUT2D eigenvalue weighted by Gasteiger charge is 2.15. The third-order valence-corrected chi connectivity index (χ3v) is 3.11. The van der Waals surface area contributed by atoms with E-state index in [1.807, 2.05) is 18.2 Å². The van der Waals surface area contributed by atoms with Crippen molar-refractivity contribution in [2.45, 2.75) is 6.42 Å². The number of carbonyl (C=O) groups is 1. The average molecular weight is 296 g/mol. The van der Waals surface area contributed by atoms with E-state index < -0.39 is 0 Å². The van der Waals surface area contributed by atoms with Crippen LogP contribution in [0.1, 0.15) is 16.1 Å². The van der Waals surface area contributed by atoms with Gasteiger partial charge in [-0.15, -0.1) is 0 Å². The monoisotopic (exact) mass is 295 g/mol. The van der Waals surface area contributed by atoms with Crippen LogP contribution in [-0.4, -0.2) is 17.9 Å². The Morgan fingerprint density at radius 2 is 2.05 bits per heavy atom. The van der Waals surface area contributed by atoms with Crippen molar-refractivity contribution in [2.24, 2.45) is 0 Å². The molecular weight excluding hydrogens is 285 g/mol. The number of nitrogens with zero attached hydrogens (tertiary/aromatic N) is 1. The summed E-state index contributed by atoms with van der Waals surface area (Å²) in [6, 6.07) is 8.84. The molecular formula is C14H11Cl2NO2. The molecule has 0 aliphatic rings. The van der Waals surface area contributed by atoms with Crippen molar-refractivity contribution in [3.05, 3.63) is 57.8 Å². The number of hydrogen-bond donors (Lipinski definition) is 0. The van der Waals surface area contributed by atoms with Crippen LogP contribution in [0.3, 0.4) is 0 Å². The van der Waals surface area contributed by atoms with Crippen molar-refractivity contribution >= 4 is 29.0 Å². The van der Waals surface area contributed by atoms with Gasteiger partial charge in [-0.3, -0.25) is 4.79 Å². The SMILES string of the molecule is COc1ccccc1CC(=O)c1ncc(Cl)cc1Cl. The molecule has 98 valence electrons. The first kappa shape index (κ1) is 13.8. The molecule has 0 spiro atoms. The molecule has 0 N–H and O–H groups in total. The Bertz CT molecular complexity index is 614. The Labute approximate surface area is 121 Å². The normalized spacial score (nSPS) is 10.3. The molecule has 1 aromatic heterocycles. The first-order chi connectivity index (χ1) is 9.11.